The van der Waals surface area contributed by atoms with Gasteiger partial charge in [0.1, 0.15) is 12.4 Å². The van der Waals surface area contributed by atoms with Gasteiger partial charge in [-0.15, -0.1) is 0 Å². The summed E-state index contributed by atoms with van der Waals surface area (Å²) in [5.74, 6) is 0.650. The molecule has 23 heavy (non-hydrogen) atoms. The quantitative estimate of drug-likeness (QED) is 0.301. The molecule has 0 saturated heterocycles. The number of hydrogen-bond acceptors (Lipinski definition) is 5. The number of oxime groups is 1. The van der Waals surface area contributed by atoms with E-state index in [1.54, 1.807) is 11.8 Å². The minimum Gasteiger partial charge on any atom is -0.506 e. The fraction of sp³-hybridized carbons (Fsp3) is 0.412. The number of Topliss-reactive ketones (excluding diaryl/α,β-unsaturated/α-hetero) is 1. The Hall–Kier alpha value is -1.27. The molecule has 1 N–H and O–H groups in total. The Morgan fingerprint density at radius 2 is 2.26 bits per heavy atom. The lowest BCUT2D eigenvalue weighted by molar-refractivity contribution is -0.116. The summed E-state index contributed by atoms with van der Waals surface area (Å²) in [6, 6.07) is 5.63. The van der Waals surface area contributed by atoms with Crippen LogP contribution in [0, 0.1) is 5.92 Å². The third-order valence-corrected chi connectivity index (χ3v) is 4.57. The lowest BCUT2D eigenvalue weighted by Crippen LogP contribution is -2.10. The normalized spacial score (nSPS) is 15.6. The summed E-state index contributed by atoms with van der Waals surface area (Å²) in [6.45, 7) is 2.23. The van der Waals surface area contributed by atoms with Crippen molar-refractivity contribution in [3.05, 3.63) is 39.4 Å². The van der Waals surface area contributed by atoms with Crippen LogP contribution in [-0.4, -0.2) is 30.0 Å². The van der Waals surface area contributed by atoms with E-state index in [0.29, 0.717) is 12.2 Å². The Kier molecular flexibility index (Phi) is 6.72. The minimum atomic E-state index is -0.0658. The summed E-state index contributed by atoms with van der Waals surface area (Å²) in [7, 11) is 0. The molecule has 1 aromatic carbocycles. The number of halogens is 1. The van der Waals surface area contributed by atoms with E-state index in [4.69, 9.17) is 4.84 Å². The van der Waals surface area contributed by atoms with Crippen molar-refractivity contribution in [1.29, 1.82) is 0 Å². The summed E-state index contributed by atoms with van der Waals surface area (Å²) in [6.07, 6.45) is 5.08. The number of aliphatic hydroxyl groups excluding tert-OH is 1. The van der Waals surface area contributed by atoms with Crippen LogP contribution in [0.5, 0.6) is 0 Å². The molecule has 0 aliphatic heterocycles. The Morgan fingerprint density at radius 1 is 1.52 bits per heavy atom. The number of benzene rings is 1. The molecule has 0 aromatic heterocycles. The Morgan fingerprint density at radius 3 is 2.87 bits per heavy atom. The maximum Gasteiger partial charge on any atom is 0.171 e. The van der Waals surface area contributed by atoms with Crippen molar-refractivity contribution in [1.82, 2.24) is 0 Å². The monoisotopic (exact) mass is 397 g/mol. The summed E-state index contributed by atoms with van der Waals surface area (Å²) >= 11 is 5.10. The molecule has 0 atom stereocenters. The molecule has 0 heterocycles. The summed E-state index contributed by atoms with van der Waals surface area (Å²) < 4.78 is 0.941. The molecular formula is C17H20BrNO3S. The molecule has 0 radical (unpaired) electrons. The standard InChI is InChI=1S/C17H20BrNO3S/c1-3-22-19-9-15(16(20)11-4-5-11)17(21)14-7-6-13(18)8-12(14)10-23-2/h6-9,11,21H,3-5,10H2,1-2H3. The number of allylic oxidation sites excluding steroid dienone is 1. The van der Waals surface area contributed by atoms with Crippen molar-refractivity contribution in [3.8, 4) is 0 Å². The van der Waals surface area contributed by atoms with Gasteiger partial charge in [-0.2, -0.15) is 11.8 Å². The molecule has 0 bridgehead atoms. The predicted molar refractivity (Wildman–Crippen MR) is 98.8 cm³/mol. The second kappa shape index (κ2) is 8.55. The van der Waals surface area contributed by atoms with Gasteiger partial charge < -0.3 is 9.94 Å². The van der Waals surface area contributed by atoms with Crippen LogP contribution in [0.4, 0.5) is 0 Å². The largest absolute Gasteiger partial charge is 0.506 e. The first kappa shape index (κ1) is 18.1. The van der Waals surface area contributed by atoms with Crippen LogP contribution in [0.1, 0.15) is 30.9 Å². The molecule has 2 rings (SSSR count). The number of carbonyl (C=O) groups excluding carboxylic acids is 1. The number of rotatable bonds is 8. The predicted octanol–water partition coefficient (Wildman–Crippen LogP) is 4.58. The minimum absolute atomic E-state index is 0.000301. The fourth-order valence-corrected chi connectivity index (χ4v) is 3.14. The Balaban J connectivity index is 2.45. The Labute approximate surface area is 149 Å². The van der Waals surface area contributed by atoms with Gasteiger partial charge in [-0.1, -0.05) is 21.1 Å². The van der Waals surface area contributed by atoms with E-state index >= 15 is 0 Å². The zero-order valence-corrected chi connectivity index (χ0v) is 15.6. The van der Waals surface area contributed by atoms with Crippen LogP contribution in [-0.2, 0) is 15.4 Å². The van der Waals surface area contributed by atoms with Gasteiger partial charge in [0.15, 0.2) is 5.78 Å². The van der Waals surface area contributed by atoms with E-state index in [9.17, 15) is 9.90 Å². The average Bonchev–Trinajstić information content (AvgIpc) is 3.36. The molecule has 0 spiro atoms. The first-order chi connectivity index (χ1) is 11.1. The molecular weight excluding hydrogens is 378 g/mol. The van der Waals surface area contributed by atoms with Gasteiger partial charge in [0.2, 0.25) is 0 Å². The average molecular weight is 398 g/mol. The van der Waals surface area contributed by atoms with Crippen LogP contribution in [0.25, 0.3) is 5.76 Å². The van der Waals surface area contributed by atoms with E-state index in [-0.39, 0.29) is 23.0 Å². The maximum atomic E-state index is 12.5. The van der Waals surface area contributed by atoms with E-state index in [2.05, 4.69) is 21.1 Å². The molecule has 4 nitrogen and oxygen atoms in total. The first-order valence-electron chi connectivity index (χ1n) is 7.49. The van der Waals surface area contributed by atoms with Crippen LogP contribution in [0.2, 0.25) is 0 Å². The highest BCUT2D eigenvalue weighted by atomic mass is 79.9. The van der Waals surface area contributed by atoms with Crippen LogP contribution >= 0.6 is 27.7 Å². The molecule has 1 aliphatic carbocycles. The number of carbonyl (C=O) groups is 1. The second-order valence-corrected chi connectivity index (χ2v) is 7.07. The number of aliphatic hydroxyl groups is 1. The van der Waals surface area contributed by atoms with E-state index in [1.165, 1.54) is 6.21 Å². The number of thioether (sulfide) groups is 1. The number of nitrogens with zero attached hydrogens (tertiary/aromatic N) is 1. The van der Waals surface area contributed by atoms with Gasteiger partial charge in [-0.3, -0.25) is 4.79 Å². The van der Waals surface area contributed by atoms with Gasteiger partial charge in [0.25, 0.3) is 0 Å². The zero-order chi connectivity index (χ0) is 16.8. The molecule has 1 fully saturated rings. The van der Waals surface area contributed by atoms with E-state index in [1.807, 2.05) is 31.4 Å². The first-order valence-corrected chi connectivity index (χ1v) is 9.67. The summed E-state index contributed by atoms with van der Waals surface area (Å²) in [5, 5.41) is 14.5. The molecule has 6 heteroatoms. The highest BCUT2D eigenvalue weighted by Gasteiger charge is 2.33. The van der Waals surface area contributed by atoms with Crippen LogP contribution in [0.15, 0.2) is 33.4 Å². The molecule has 124 valence electrons. The molecule has 1 aromatic rings. The van der Waals surface area contributed by atoms with Crippen molar-refractivity contribution in [2.45, 2.75) is 25.5 Å². The van der Waals surface area contributed by atoms with E-state index < -0.39 is 0 Å². The fourth-order valence-electron chi connectivity index (χ4n) is 2.18. The molecule has 1 aliphatic rings. The molecule has 0 amide bonds. The smallest absolute Gasteiger partial charge is 0.171 e. The van der Waals surface area contributed by atoms with Gasteiger partial charge in [0.05, 0.1) is 11.8 Å². The topological polar surface area (TPSA) is 58.9 Å². The maximum absolute atomic E-state index is 12.5. The second-order valence-electron chi connectivity index (χ2n) is 5.29. The number of ketones is 1. The SMILES string of the molecule is CCON=CC(C(=O)C1CC1)=C(O)c1ccc(Br)cc1CSC. The highest BCUT2D eigenvalue weighted by Crippen LogP contribution is 2.34. The van der Waals surface area contributed by atoms with Gasteiger partial charge in [-0.25, -0.2) is 0 Å². The van der Waals surface area contributed by atoms with Crippen LogP contribution in [0.3, 0.4) is 0 Å². The van der Waals surface area contributed by atoms with Gasteiger partial charge >= 0.3 is 0 Å². The summed E-state index contributed by atoms with van der Waals surface area (Å²) in [4.78, 5) is 17.4. The third-order valence-electron chi connectivity index (χ3n) is 3.48. The Bertz CT molecular complexity index is 639. The van der Waals surface area contributed by atoms with Crippen molar-refractivity contribution in [2.75, 3.05) is 12.9 Å². The third kappa shape index (κ3) is 4.85. The molecule has 1 saturated carbocycles. The van der Waals surface area contributed by atoms with Crippen molar-refractivity contribution in [2.24, 2.45) is 11.1 Å². The van der Waals surface area contributed by atoms with E-state index in [0.717, 1.165) is 28.6 Å². The lowest BCUT2D eigenvalue weighted by atomic mass is 10.00. The van der Waals surface area contributed by atoms with Crippen molar-refractivity contribution >= 4 is 45.4 Å². The zero-order valence-electron chi connectivity index (χ0n) is 13.2. The van der Waals surface area contributed by atoms with Crippen molar-refractivity contribution in [3.63, 3.8) is 0 Å². The van der Waals surface area contributed by atoms with Crippen LogP contribution < -0.4 is 0 Å². The van der Waals surface area contributed by atoms with Crippen molar-refractivity contribution < 1.29 is 14.7 Å². The lowest BCUT2D eigenvalue weighted by Gasteiger charge is -2.11. The van der Waals surface area contributed by atoms with Gasteiger partial charge in [-0.05, 0) is 49.8 Å². The molecule has 0 unspecified atom stereocenters. The highest BCUT2D eigenvalue weighted by molar-refractivity contribution is 9.10. The summed E-state index contributed by atoms with van der Waals surface area (Å²) in [5.41, 5.74) is 1.86. The number of hydrogen-bond donors (Lipinski definition) is 1. The van der Waals surface area contributed by atoms with Gasteiger partial charge in [0, 0.05) is 21.7 Å².